The van der Waals surface area contributed by atoms with Gasteiger partial charge in [-0.2, -0.15) is 5.26 Å². The first kappa shape index (κ1) is 15.8. The second kappa shape index (κ2) is 5.31. The first-order valence-corrected chi connectivity index (χ1v) is 7.56. The van der Waals surface area contributed by atoms with Crippen molar-refractivity contribution in [3.05, 3.63) is 23.0 Å². The largest absolute Gasteiger partial charge is 0.381 e. The van der Waals surface area contributed by atoms with Gasteiger partial charge in [-0.25, -0.2) is 0 Å². The Hall–Kier alpha value is -1.60. The molecule has 0 aliphatic carbocycles. The Balaban J connectivity index is 2.28. The molecule has 2 rings (SSSR count). The third-order valence-corrected chi connectivity index (χ3v) is 3.99. The van der Waals surface area contributed by atoms with Crippen LogP contribution in [0.15, 0.2) is 6.07 Å². The SMILES string of the molecule is Cc1cc(NC2CC(C)(C)NC(C)(C)C2)c(C#N)c(C)n1. The van der Waals surface area contributed by atoms with Gasteiger partial charge < -0.3 is 10.6 Å². The molecular formula is C17H26N4. The molecule has 1 fully saturated rings. The molecule has 1 aromatic rings. The van der Waals surface area contributed by atoms with Crippen LogP contribution >= 0.6 is 0 Å². The van der Waals surface area contributed by atoms with Crippen molar-refractivity contribution < 1.29 is 0 Å². The number of hydrogen-bond donors (Lipinski definition) is 2. The van der Waals surface area contributed by atoms with Crippen LogP contribution in [0.25, 0.3) is 0 Å². The van der Waals surface area contributed by atoms with E-state index in [-0.39, 0.29) is 11.1 Å². The third-order valence-electron chi connectivity index (χ3n) is 3.99. The number of aromatic nitrogens is 1. The zero-order chi connectivity index (χ0) is 15.8. The highest BCUT2D eigenvalue weighted by Crippen LogP contribution is 2.31. The molecule has 0 amide bonds. The zero-order valence-electron chi connectivity index (χ0n) is 14.0. The fourth-order valence-corrected chi connectivity index (χ4v) is 3.73. The summed E-state index contributed by atoms with van der Waals surface area (Å²) in [6.07, 6.45) is 2.06. The Bertz CT molecular complexity index is 565. The first-order chi connectivity index (χ1) is 9.62. The van der Waals surface area contributed by atoms with Crippen LogP contribution in [-0.2, 0) is 0 Å². The highest BCUT2D eigenvalue weighted by atomic mass is 15.1. The Labute approximate surface area is 128 Å². The fourth-order valence-electron chi connectivity index (χ4n) is 3.73. The number of aryl methyl sites for hydroxylation is 2. The van der Waals surface area contributed by atoms with Crippen molar-refractivity contribution >= 4 is 5.69 Å². The predicted molar refractivity (Wildman–Crippen MR) is 86.4 cm³/mol. The van der Waals surface area contributed by atoms with E-state index in [0.29, 0.717) is 11.6 Å². The number of nitrogens with zero attached hydrogens (tertiary/aromatic N) is 2. The van der Waals surface area contributed by atoms with E-state index in [4.69, 9.17) is 0 Å². The molecule has 4 nitrogen and oxygen atoms in total. The van der Waals surface area contributed by atoms with Crippen LogP contribution in [0.4, 0.5) is 5.69 Å². The molecule has 0 saturated carbocycles. The van der Waals surface area contributed by atoms with Gasteiger partial charge in [0.1, 0.15) is 6.07 Å². The second-order valence-corrected chi connectivity index (χ2v) is 7.53. The number of nitrogens with one attached hydrogen (secondary N) is 2. The van der Waals surface area contributed by atoms with Crippen LogP contribution in [0.3, 0.4) is 0 Å². The molecule has 0 spiro atoms. The van der Waals surface area contributed by atoms with Gasteiger partial charge in [0.15, 0.2) is 0 Å². The Morgan fingerprint density at radius 1 is 1.24 bits per heavy atom. The van der Waals surface area contributed by atoms with E-state index in [2.05, 4.69) is 49.4 Å². The third kappa shape index (κ3) is 3.74. The van der Waals surface area contributed by atoms with Gasteiger partial charge in [-0.15, -0.1) is 0 Å². The van der Waals surface area contributed by atoms with Crippen molar-refractivity contribution in [1.82, 2.24) is 10.3 Å². The monoisotopic (exact) mass is 286 g/mol. The summed E-state index contributed by atoms with van der Waals surface area (Å²) in [5, 5.41) is 16.7. The molecule has 2 heterocycles. The minimum absolute atomic E-state index is 0.0866. The zero-order valence-corrected chi connectivity index (χ0v) is 14.0. The van der Waals surface area contributed by atoms with Gasteiger partial charge in [0.25, 0.3) is 0 Å². The number of anilines is 1. The molecule has 114 valence electrons. The molecule has 1 aromatic heterocycles. The van der Waals surface area contributed by atoms with Crippen molar-refractivity contribution in [2.24, 2.45) is 0 Å². The number of rotatable bonds is 2. The molecule has 0 atom stereocenters. The number of piperidine rings is 1. The van der Waals surface area contributed by atoms with Gasteiger partial charge >= 0.3 is 0 Å². The lowest BCUT2D eigenvalue weighted by molar-refractivity contribution is 0.170. The van der Waals surface area contributed by atoms with E-state index < -0.39 is 0 Å². The summed E-state index contributed by atoms with van der Waals surface area (Å²) in [7, 11) is 0. The smallest absolute Gasteiger partial charge is 0.103 e. The molecule has 0 aromatic carbocycles. The number of hydrogen-bond acceptors (Lipinski definition) is 4. The number of nitriles is 1. The molecule has 1 aliphatic heterocycles. The van der Waals surface area contributed by atoms with Crippen LogP contribution in [-0.4, -0.2) is 22.1 Å². The molecular weight excluding hydrogens is 260 g/mol. The number of pyridine rings is 1. The van der Waals surface area contributed by atoms with E-state index in [1.807, 2.05) is 19.9 Å². The Morgan fingerprint density at radius 3 is 2.33 bits per heavy atom. The Morgan fingerprint density at radius 2 is 1.81 bits per heavy atom. The summed E-state index contributed by atoms with van der Waals surface area (Å²) in [6, 6.07) is 4.61. The Kier molecular flexibility index (Phi) is 3.99. The van der Waals surface area contributed by atoms with Gasteiger partial charge in [0, 0.05) is 22.8 Å². The quantitative estimate of drug-likeness (QED) is 0.876. The second-order valence-electron chi connectivity index (χ2n) is 7.53. The van der Waals surface area contributed by atoms with Crippen molar-refractivity contribution in [1.29, 1.82) is 5.26 Å². The summed E-state index contributed by atoms with van der Waals surface area (Å²) in [5.74, 6) is 0. The van der Waals surface area contributed by atoms with Crippen LogP contribution in [0, 0.1) is 25.2 Å². The van der Waals surface area contributed by atoms with Gasteiger partial charge in [-0.3, -0.25) is 4.98 Å². The summed E-state index contributed by atoms with van der Waals surface area (Å²) in [5.41, 5.74) is 3.50. The summed E-state index contributed by atoms with van der Waals surface area (Å²) in [4.78, 5) is 4.38. The molecule has 0 radical (unpaired) electrons. The average molecular weight is 286 g/mol. The average Bonchev–Trinajstić information content (AvgIpc) is 2.23. The van der Waals surface area contributed by atoms with Crippen LogP contribution < -0.4 is 10.6 Å². The van der Waals surface area contributed by atoms with Gasteiger partial charge in [-0.05, 0) is 60.5 Å². The van der Waals surface area contributed by atoms with Crippen LogP contribution in [0.1, 0.15) is 57.5 Å². The normalized spacial score (nSPS) is 20.8. The minimum atomic E-state index is 0.0866. The topological polar surface area (TPSA) is 60.7 Å². The molecule has 21 heavy (non-hydrogen) atoms. The molecule has 0 bridgehead atoms. The maximum atomic E-state index is 9.38. The summed E-state index contributed by atoms with van der Waals surface area (Å²) in [6.45, 7) is 12.8. The minimum Gasteiger partial charge on any atom is -0.381 e. The van der Waals surface area contributed by atoms with Crippen molar-refractivity contribution in [3.63, 3.8) is 0 Å². The molecule has 0 unspecified atom stereocenters. The van der Waals surface area contributed by atoms with E-state index >= 15 is 0 Å². The molecule has 1 saturated heterocycles. The summed E-state index contributed by atoms with van der Waals surface area (Å²) >= 11 is 0. The lowest BCUT2D eigenvalue weighted by Gasteiger charge is -2.47. The lowest BCUT2D eigenvalue weighted by atomic mass is 9.79. The van der Waals surface area contributed by atoms with Crippen molar-refractivity contribution in [3.8, 4) is 6.07 Å². The van der Waals surface area contributed by atoms with E-state index in [1.54, 1.807) is 0 Å². The summed E-state index contributed by atoms with van der Waals surface area (Å²) < 4.78 is 0. The van der Waals surface area contributed by atoms with Crippen LogP contribution in [0.2, 0.25) is 0 Å². The van der Waals surface area contributed by atoms with Gasteiger partial charge in [-0.1, -0.05) is 0 Å². The maximum Gasteiger partial charge on any atom is 0.103 e. The highest BCUT2D eigenvalue weighted by molar-refractivity contribution is 5.60. The van der Waals surface area contributed by atoms with Crippen LogP contribution in [0.5, 0.6) is 0 Å². The van der Waals surface area contributed by atoms with E-state index in [9.17, 15) is 5.26 Å². The fraction of sp³-hybridized carbons (Fsp3) is 0.647. The van der Waals surface area contributed by atoms with Gasteiger partial charge in [0.05, 0.1) is 16.9 Å². The predicted octanol–water partition coefficient (Wildman–Crippen LogP) is 3.29. The molecule has 2 N–H and O–H groups in total. The van der Waals surface area contributed by atoms with Gasteiger partial charge in [0.2, 0.25) is 0 Å². The van der Waals surface area contributed by atoms with Crippen molar-refractivity contribution in [2.75, 3.05) is 5.32 Å². The van der Waals surface area contributed by atoms with E-state index in [0.717, 1.165) is 29.9 Å². The highest BCUT2D eigenvalue weighted by Gasteiger charge is 2.37. The first-order valence-electron chi connectivity index (χ1n) is 7.56. The standard InChI is InChI=1S/C17H26N4/c1-11-7-15(14(10-18)12(2)19-11)20-13-8-16(3,4)21-17(5,6)9-13/h7,13,21H,8-9H2,1-6H3,(H,19,20). The van der Waals surface area contributed by atoms with Crippen molar-refractivity contribution in [2.45, 2.75) is 71.5 Å². The van der Waals surface area contributed by atoms with E-state index in [1.165, 1.54) is 0 Å². The lowest BCUT2D eigenvalue weighted by Crippen LogP contribution is -2.60. The molecule has 4 heteroatoms. The molecule has 1 aliphatic rings. The maximum absolute atomic E-state index is 9.38.